The predicted molar refractivity (Wildman–Crippen MR) is 79.5 cm³/mol. The van der Waals surface area contributed by atoms with Crippen molar-refractivity contribution < 1.29 is 13.5 Å². The Balaban J connectivity index is 2.47. The lowest BCUT2D eigenvalue weighted by atomic mass is 10.3. The summed E-state index contributed by atoms with van der Waals surface area (Å²) in [5, 5.41) is 9.79. The fraction of sp³-hybridized carbons (Fsp3) is 0.143. The zero-order valence-electron chi connectivity index (χ0n) is 11.1. The molecule has 106 valence electrons. The second-order valence-corrected chi connectivity index (χ2v) is 7.51. The summed E-state index contributed by atoms with van der Waals surface area (Å²) < 4.78 is 25.7. The lowest BCUT2D eigenvalue weighted by molar-refractivity contribution is 0.462. The molecule has 0 amide bonds. The normalized spacial score (nSPS) is 11.8. The maximum Gasteiger partial charge on any atom is 0.243 e. The fourth-order valence-corrected chi connectivity index (χ4v) is 3.88. The van der Waals surface area contributed by atoms with Crippen LogP contribution >= 0.6 is 11.8 Å². The summed E-state index contributed by atoms with van der Waals surface area (Å²) in [5.41, 5.74) is 0. The number of phenols is 1. The highest BCUT2D eigenvalue weighted by Crippen LogP contribution is 2.37. The van der Waals surface area contributed by atoms with Gasteiger partial charge in [-0.3, -0.25) is 0 Å². The molecule has 0 aliphatic heterocycles. The van der Waals surface area contributed by atoms with Crippen LogP contribution in [-0.2, 0) is 10.0 Å². The van der Waals surface area contributed by atoms with E-state index in [-0.39, 0.29) is 10.6 Å². The van der Waals surface area contributed by atoms with Crippen LogP contribution in [0.25, 0.3) is 0 Å². The molecule has 20 heavy (non-hydrogen) atoms. The van der Waals surface area contributed by atoms with Crippen LogP contribution in [0.4, 0.5) is 0 Å². The van der Waals surface area contributed by atoms with Crippen LogP contribution in [0.1, 0.15) is 0 Å². The van der Waals surface area contributed by atoms with E-state index >= 15 is 0 Å². The highest BCUT2D eigenvalue weighted by molar-refractivity contribution is 8.00. The topological polar surface area (TPSA) is 57.6 Å². The minimum Gasteiger partial charge on any atom is -0.507 e. The van der Waals surface area contributed by atoms with Gasteiger partial charge in [0, 0.05) is 19.0 Å². The average Bonchev–Trinajstić information content (AvgIpc) is 2.41. The molecule has 0 saturated heterocycles. The largest absolute Gasteiger partial charge is 0.507 e. The van der Waals surface area contributed by atoms with Crippen molar-refractivity contribution in [3.05, 3.63) is 48.5 Å². The third-order valence-electron chi connectivity index (χ3n) is 2.69. The lowest BCUT2D eigenvalue weighted by Gasteiger charge is -2.15. The summed E-state index contributed by atoms with van der Waals surface area (Å²) >= 11 is 1.23. The highest BCUT2D eigenvalue weighted by Gasteiger charge is 2.21. The Bertz CT molecular complexity index is 712. The predicted octanol–water partition coefficient (Wildman–Crippen LogP) is 2.79. The third-order valence-corrected chi connectivity index (χ3v) is 5.84. The fourth-order valence-electron chi connectivity index (χ4n) is 1.61. The van der Waals surface area contributed by atoms with Gasteiger partial charge in [0.05, 0.1) is 9.79 Å². The van der Waals surface area contributed by atoms with E-state index in [2.05, 4.69) is 0 Å². The molecule has 0 saturated carbocycles. The summed E-state index contributed by atoms with van der Waals surface area (Å²) in [6, 6.07) is 13.6. The Kier molecular flexibility index (Phi) is 4.37. The molecule has 6 heteroatoms. The van der Waals surface area contributed by atoms with Gasteiger partial charge < -0.3 is 5.11 Å². The third kappa shape index (κ3) is 2.98. The molecular formula is C14H15NO3S2. The van der Waals surface area contributed by atoms with Gasteiger partial charge in [-0.2, -0.15) is 0 Å². The summed E-state index contributed by atoms with van der Waals surface area (Å²) in [5.74, 6) is 0.134. The molecule has 1 N–H and O–H groups in total. The van der Waals surface area contributed by atoms with E-state index < -0.39 is 10.0 Å². The van der Waals surface area contributed by atoms with Crippen molar-refractivity contribution in [2.24, 2.45) is 0 Å². The van der Waals surface area contributed by atoms with Crippen molar-refractivity contribution in [2.75, 3.05) is 14.1 Å². The first-order valence-electron chi connectivity index (χ1n) is 5.90. The SMILES string of the molecule is CN(C)S(=O)(=O)c1ccccc1Sc1ccccc1O. The van der Waals surface area contributed by atoms with Gasteiger partial charge >= 0.3 is 0 Å². The number of hydrogen-bond acceptors (Lipinski definition) is 4. The van der Waals surface area contributed by atoms with E-state index in [0.29, 0.717) is 9.79 Å². The average molecular weight is 309 g/mol. The second-order valence-electron chi connectivity index (χ2n) is 4.30. The Morgan fingerprint density at radius 2 is 1.50 bits per heavy atom. The van der Waals surface area contributed by atoms with E-state index in [9.17, 15) is 13.5 Å². The van der Waals surface area contributed by atoms with E-state index in [1.54, 1.807) is 48.5 Å². The number of para-hydroxylation sites is 1. The van der Waals surface area contributed by atoms with E-state index in [0.717, 1.165) is 0 Å². The van der Waals surface area contributed by atoms with E-state index in [4.69, 9.17) is 0 Å². The zero-order chi connectivity index (χ0) is 14.8. The first-order valence-corrected chi connectivity index (χ1v) is 8.16. The van der Waals surface area contributed by atoms with Gasteiger partial charge in [0.1, 0.15) is 5.75 Å². The maximum atomic E-state index is 12.3. The summed E-state index contributed by atoms with van der Waals surface area (Å²) in [7, 11) is -0.516. The first kappa shape index (κ1) is 14.9. The number of sulfonamides is 1. The van der Waals surface area contributed by atoms with Gasteiger partial charge in [-0.15, -0.1) is 0 Å². The highest BCUT2D eigenvalue weighted by atomic mass is 32.2. The van der Waals surface area contributed by atoms with E-state index in [1.807, 2.05) is 0 Å². The molecule has 0 atom stereocenters. The smallest absolute Gasteiger partial charge is 0.243 e. The van der Waals surface area contributed by atoms with Gasteiger partial charge in [-0.05, 0) is 24.3 Å². The molecule has 2 rings (SSSR count). The molecule has 0 radical (unpaired) electrons. The van der Waals surface area contributed by atoms with Crippen molar-refractivity contribution in [3.8, 4) is 5.75 Å². The van der Waals surface area contributed by atoms with Crippen LogP contribution < -0.4 is 0 Å². The summed E-state index contributed by atoms with van der Waals surface area (Å²) in [4.78, 5) is 1.44. The summed E-state index contributed by atoms with van der Waals surface area (Å²) in [6.07, 6.45) is 0. The van der Waals surface area contributed by atoms with Crippen molar-refractivity contribution in [1.82, 2.24) is 4.31 Å². The number of hydrogen-bond donors (Lipinski definition) is 1. The van der Waals surface area contributed by atoms with Gasteiger partial charge in [0.15, 0.2) is 0 Å². The Hall–Kier alpha value is -1.50. The minimum absolute atomic E-state index is 0.134. The van der Waals surface area contributed by atoms with Crippen molar-refractivity contribution in [1.29, 1.82) is 0 Å². The molecule has 2 aromatic rings. The van der Waals surface area contributed by atoms with Crippen molar-refractivity contribution >= 4 is 21.8 Å². The Morgan fingerprint density at radius 3 is 2.10 bits per heavy atom. The summed E-state index contributed by atoms with van der Waals surface area (Å²) in [6.45, 7) is 0. The molecular weight excluding hydrogens is 294 g/mol. The van der Waals surface area contributed by atoms with Crippen LogP contribution in [0.5, 0.6) is 5.75 Å². The number of phenolic OH excluding ortho intramolecular Hbond substituents is 1. The number of rotatable bonds is 4. The van der Waals surface area contributed by atoms with Gasteiger partial charge in [-0.1, -0.05) is 36.0 Å². The molecule has 0 heterocycles. The molecule has 0 bridgehead atoms. The zero-order valence-corrected chi connectivity index (χ0v) is 12.8. The molecule has 2 aromatic carbocycles. The van der Waals surface area contributed by atoms with E-state index in [1.165, 1.54) is 30.2 Å². The maximum absolute atomic E-state index is 12.3. The number of benzene rings is 2. The van der Waals surface area contributed by atoms with Crippen LogP contribution in [0, 0.1) is 0 Å². The molecule has 4 nitrogen and oxygen atoms in total. The molecule has 0 spiro atoms. The monoisotopic (exact) mass is 309 g/mol. The van der Waals surface area contributed by atoms with Crippen LogP contribution in [0.3, 0.4) is 0 Å². The number of aromatic hydroxyl groups is 1. The van der Waals surface area contributed by atoms with Gasteiger partial charge in [0.2, 0.25) is 10.0 Å². The molecule has 0 aromatic heterocycles. The second kappa shape index (κ2) is 5.87. The van der Waals surface area contributed by atoms with Crippen LogP contribution in [0.15, 0.2) is 63.2 Å². The Labute approximate surface area is 123 Å². The Morgan fingerprint density at radius 1 is 0.950 bits per heavy atom. The van der Waals surface area contributed by atoms with Gasteiger partial charge in [-0.25, -0.2) is 12.7 Å². The van der Waals surface area contributed by atoms with Crippen LogP contribution in [-0.4, -0.2) is 31.9 Å². The van der Waals surface area contributed by atoms with Crippen molar-refractivity contribution in [2.45, 2.75) is 14.7 Å². The standard InChI is InChI=1S/C14H15NO3S2/c1-15(2)20(17,18)14-10-6-5-9-13(14)19-12-8-4-3-7-11(12)16/h3-10,16H,1-2H3. The minimum atomic E-state index is -3.51. The van der Waals surface area contributed by atoms with Crippen LogP contribution in [0.2, 0.25) is 0 Å². The quantitative estimate of drug-likeness (QED) is 0.943. The van der Waals surface area contributed by atoms with Crippen molar-refractivity contribution in [3.63, 3.8) is 0 Å². The molecule has 0 unspecified atom stereocenters. The molecule has 0 fully saturated rings. The first-order chi connectivity index (χ1) is 9.43. The lowest BCUT2D eigenvalue weighted by Crippen LogP contribution is -2.22. The van der Waals surface area contributed by atoms with Gasteiger partial charge in [0.25, 0.3) is 0 Å². The molecule has 0 aliphatic carbocycles. The number of nitrogens with zero attached hydrogens (tertiary/aromatic N) is 1. The molecule has 0 aliphatic rings.